The van der Waals surface area contributed by atoms with Gasteiger partial charge in [0.1, 0.15) is 5.82 Å². The highest BCUT2D eigenvalue weighted by Gasteiger charge is 2.26. The summed E-state index contributed by atoms with van der Waals surface area (Å²) in [6.45, 7) is 3.06. The van der Waals surface area contributed by atoms with Gasteiger partial charge in [0.05, 0.1) is 11.7 Å². The minimum Gasteiger partial charge on any atom is -0.393 e. The number of hydrogen-bond donors (Lipinski definition) is 1. The van der Waals surface area contributed by atoms with Crippen molar-refractivity contribution in [2.75, 3.05) is 13.1 Å². The highest BCUT2D eigenvalue weighted by atomic mass is 79.9. The number of amides is 1. The number of rotatable bonds is 2. The van der Waals surface area contributed by atoms with Crippen LogP contribution < -0.4 is 0 Å². The van der Waals surface area contributed by atoms with E-state index in [0.717, 1.165) is 12.8 Å². The highest BCUT2D eigenvalue weighted by molar-refractivity contribution is 9.10. The molecule has 0 spiro atoms. The first-order chi connectivity index (χ1) is 8.99. The maximum Gasteiger partial charge on any atom is 0.255 e. The van der Waals surface area contributed by atoms with Crippen molar-refractivity contribution in [2.24, 2.45) is 5.92 Å². The second-order valence-corrected chi connectivity index (χ2v) is 5.85. The Morgan fingerprint density at radius 1 is 1.47 bits per heavy atom. The normalized spacial score (nSPS) is 18.4. The molecule has 2 rings (SSSR count). The summed E-state index contributed by atoms with van der Waals surface area (Å²) in [5.41, 5.74) is 0.483. The number of benzene rings is 1. The Bertz CT molecular complexity index is 471. The van der Waals surface area contributed by atoms with Gasteiger partial charge in [-0.1, -0.05) is 0 Å². The number of carbonyl (C=O) groups is 1. The Morgan fingerprint density at radius 2 is 2.11 bits per heavy atom. The smallest absolute Gasteiger partial charge is 0.255 e. The highest BCUT2D eigenvalue weighted by Crippen LogP contribution is 2.24. The van der Waals surface area contributed by atoms with Crippen LogP contribution in [-0.2, 0) is 0 Å². The lowest BCUT2D eigenvalue weighted by atomic mass is 9.92. The van der Waals surface area contributed by atoms with Crippen molar-refractivity contribution < 1.29 is 14.3 Å². The Morgan fingerprint density at radius 3 is 2.63 bits per heavy atom. The van der Waals surface area contributed by atoms with E-state index in [1.165, 1.54) is 18.2 Å². The molecule has 1 fully saturated rings. The lowest BCUT2D eigenvalue weighted by molar-refractivity contribution is 0.0520. The first-order valence-electron chi connectivity index (χ1n) is 6.41. The predicted molar refractivity (Wildman–Crippen MR) is 74.4 cm³/mol. The Labute approximate surface area is 120 Å². The fourth-order valence-corrected chi connectivity index (χ4v) is 2.94. The van der Waals surface area contributed by atoms with Gasteiger partial charge in [0, 0.05) is 17.6 Å². The first-order valence-corrected chi connectivity index (χ1v) is 7.20. The lowest BCUT2D eigenvalue weighted by Crippen LogP contribution is -2.40. The second kappa shape index (κ2) is 6.01. The molecule has 5 heteroatoms. The van der Waals surface area contributed by atoms with E-state index in [2.05, 4.69) is 15.9 Å². The van der Waals surface area contributed by atoms with Crippen molar-refractivity contribution in [1.29, 1.82) is 0 Å². The zero-order valence-electron chi connectivity index (χ0n) is 10.8. The van der Waals surface area contributed by atoms with Gasteiger partial charge in [-0.2, -0.15) is 0 Å². The maximum atomic E-state index is 13.0. The van der Waals surface area contributed by atoms with Crippen LogP contribution >= 0.6 is 15.9 Å². The third-order valence-corrected chi connectivity index (χ3v) is 4.33. The van der Waals surface area contributed by atoms with Crippen molar-refractivity contribution in [3.63, 3.8) is 0 Å². The van der Waals surface area contributed by atoms with Crippen LogP contribution in [0.4, 0.5) is 4.39 Å². The quantitative estimate of drug-likeness (QED) is 0.906. The molecule has 0 aromatic heterocycles. The zero-order valence-corrected chi connectivity index (χ0v) is 12.4. The van der Waals surface area contributed by atoms with E-state index in [-0.39, 0.29) is 23.7 Å². The molecule has 3 nitrogen and oxygen atoms in total. The van der Waals surface area contributed by atoms with E-state index in [9.17, 15) is 14.3 Å². The topological polar surface area (TPSA) is 40.5 Å². The summed E-state index contributed by atoms with van der Waals surface area (Å²) >= 11 is 3.22. The largest absolute Gasteiger partial charge is 0.393 e. The van der Waals surface area contributed by atoms with Gasteiger partial charge in [0.15, 0.2) is 0 Å². The molecule has 1 aliphatic heterocycles. The summed E-state index contributed by atoms with van der Waals surface area (Å²) in [6, 6.07) is 4.10. The van der Waals surface area contributed by atoms with E-state index in [1.54, 1.807) is 11.8 Å². The molecule has 0 aliphatic carbocycles. The summed E-state index contributed by atoms with van der Waals surface area (Å²) < 4.78 is 13.5. The minimum atomic E-state index is -0.365. The second-order valence-electron chi connectivity index (χ2n) is 4.99. The molecule has 19 heavy (non-hydrogen) atoms. The lowest BCUT2D eigenvalue weighted by Gasteiger charge is -2.33. The molecular formula is C14H17BrFNO2. The van der Waals surface area contributed by atoms with E-state index in [4.69, 9.17) is 0 Å². The van der Waals surface area contributed by atoms with Crippen LogP contribution in [0.15, 0.2) is 22.7 Å². The Balaban J connectivity index is 2.05. The van der Waals surface area contributed by atoms with Crippen molar-refractivity contribution in [2.45, 2.75) is 25.9 Å². The molecule has 1 heterocycles. The molecule has 1 unspecified atom stereocenters. The Kier molecular flexibility index (Phi) is 4.58. The number of nitrogens with zero attached hydrogens (tertiary/aromatic N) is 1. The van der Waals surface area contributed by atoms with Crippen molar-refractivity contribution in [1.82, 2.24) is 4.90 Å². The van der Waals surface area contributed by atoms with Gasteiger partial charge in [0.25, 0.3) is 5.91 Å². The number of halogens is 2. The van der Waals surface area contributed by atoms with Gasteiger partial charge in [-0.15, -0.1) is 0 Å². The number of aliphatic hydroxyl groups excluding tert-OH is 1. The summed E-state index contributed by atoms with van der Waals surface area (Å²) in [5.74, 6) is -0.187. The summed E-state index contributed by atoms with van der Waals surface area (Å²) in [6.07, 6.45) is 1.29. The third kappa shape index (κ3) is 3.34. The van der Waals surface area contributed by atoms with Crippen LogP contribution in [0.2, 0.25) is 0 Å². The standard InChI is InChI=1S/C14H17BrFNO2/c1-9(18)10-4-6-17(7-5-10)14(19)12-3-2-11(16)8-13(12)15/h2-3,8-10,18H,4-7H2,1H3. The van der Waals surface area contributed by atoms with Crippen molar-refractivity contribution >= 4 is 21.8 Å². The number of carbonyl (C=O) groups excluding carboxylic acids is 1. The monoisotopic (exact) mass is 329 g/mol. The summed E-state index contributed by atoms with van der Waals surface area (Å²) in [5, 5.41) is 9.54. The van der Waals surface area contributed by atoms with Gasteiger partial charge in [0.2, 0.25) is 0 Å². The fraction of sp³-hybridized carbons (Fsp3) is 0.500. The van der Waals surface area contributed by atoms with E-state index < -0.39 is 0 Å². The number of piperidine rings is 1. The van der Waals surface area contributed by atoms with Crippen LogP contribution in [0, 0.1) is 11.7 Å². The average Bonchev–Trinajstić information content (AvgIpc) is 2.38. The molecule has 104 valence electrons. The third-order valence-electron chi connectivity index (χ3n) is 3.67. The van der Waals surface area contributed by atoms with Crippen LogP contribution in [-0.4, -0.2) is 35.1 Å². The predicted octanol–water partition coefficient (Wildman–Crippen LogP) is 2.82. The van der Waals surface area contributed by atoms with E-state index >= 15 is 0 Å². The summed E-state index contributed by atoms with van der Waals surface area (Å²) in [7, 11) is 0. The van der Waals surface area contributed by atoms with Crippen LogP contribution in [0.3, 0.4) is 0 Å². The van der Waals surface area contributed by atoms with Crippen LogP contribution in [0.1, 0.15) is 30.1 Å². The molecule has 0 bridgehead atoms. The fourth-order valence-electron chi connectivity index (χ4n) is 2.42. The van der Waals surface area contributed by atoms with Crippen LogP contribution in [0.5, 0.6) is 0 Å². The molecular weight excluding hydrogens is 313 g/mol. The Hall–Kier alpha value is -0.940. The molecule has 1 N–H and O–H groups in total. The van der Waals surface area contributed by atoms with E-state index in [0.29, 0.717) is 23.1 Å². The molecule has 1 aromatic carbocycles. The van der Waals surface area contributed by atoms with Gasteiger partial charge in [-0.05, 0) is 59.8 Å². The van der Waals surface area contributed by atoms with Gasteiger partial charge < -0.3 is 10.0 Å². The molecule has 0 saturated carbocycles. The van der Waals surface area contributed by atoms with Gasteiger partial charge >= 0.3 is 0 Å². The molecule has 1 atom stereocenters. The van der Waals surface area contributed by atoms with Crippen molar-refractivity contribution in [3.8, 4) is 0 Å². The van der Waals surface area contributed by atoms with Gasteiger partial charge in [-0.25, -0.2) is 4.39 Å². The molecule has 1 aromatic rings. The number of likely N-dealkylation sites (tertiary alicyclic amines) is 1. The number of hydrogen-bond acceptors (Lipinski definition) is 2. The maximum absolute atomic E-state index is 13.0. The van der Waals surface area contributed by atoms with Gasteiger partial charge in [-0.3, -0.25) is 4.79 Å². The molecule has 1 amide bonds. The first kappa shape index (κ1) is 14.5. The van der Waals surface area contributed by atoms with Crippen LogP contribution in [0.25, 0.3) is 0 Å². The molecule has 1 saturated heterocycles. The minimum absolute atomic E-state index is 0.0871. The number of aliphatic hydroxyl groups is 1. The SMILES string of the molecule is CC(O)C1CCN(C(=O)c2ccc(F)cc2Br)CC1. The molecule has 0 radical (unpaired) electrons. The van der Waals surface area contributed by atoms with Crippen molar-refractivity contribution in [3.05, 3.63) is 34.1 Å². The van der Waals surface area contributed by atoms with E-state index in [1.807, 2.05) is 0 Å². The summed E-state index contributed by atoms with van der Waals surface area (Å²) in [4.78, 5) is 14.1. The zero-order chi connectivity index (χ0) is 14.0. The molecule has 1 aliphatic rings. The average molecular weight is 330 g/mol.